The molecule has 1 N–H and O–H groups in total. The van der Waals surface area contributed by atoms with E-state index in [1.165, 1.54) is 7.11 Å². The van der Waals surface area contributed by atoms with Gasteiger partial charge >= 0.3 is 0 Å². The highest BCUT2D eigenvalue weighted by atomic mass is 79.9. The molecule has 0 bridgehead atoms. The van der Waals surface area contributed by atoms with E-state index in [0.717, 1.165) is 0 Å². The van der Waals surface area contributed by atoms with Crippen LogP contribution in [0.5, 0.6) is 5.75 Å². The van der Waals surface area contributed by atoms with Gasteiger partial charge < -0.3 is 15.0 Å². The Balaban J connectivity index is 2.13. The summed E-state index contributed by atoms with van der Waals surface area (Å²) in [5.41, 5.74) is 0.132. The first-order chi connectivity index (χ1) is 11.5. The highest BCUT2D eigenvalue weighted by Gasteiger charge is 2.25. The number of nitriles is 1. The van der Waals surface area contributed by atoms with E-state index in [1.807, 2.05) is 4.90 Å². The molecule has 1 aromatic heterocycles. The number of piperazine rings is 1. The lowest BCUT2D eigenvalue weighted by molar-refractivity contribution is 0.409. The summed E-state index contributed by atoms with van der Waals surface area (Å²) >= 11 is 9.18. The molecule has 1 aliphatic rings. The van der Waals surface area contributed by atoms with Crippen molar-refractivity contribution in [3.05, 3.63) is 21.6 Å². The molecule has 1 unspecified atom stereocenters. The van der Waals surface area contributed by atoms with Gasteiger partial charge in [-0.25, -0.2) is 9.37 Å². The number of rotatable bonds is 3. The van der Waals surface area contributed by atoms with Gasteiger partial charge in [0, 0.05) is 31.1 Å². The fourth-order valence-corrected chi connectivity index (χ4v) is 3.42. The minimum absolute atomic E-state index is 0.0229. The summed E-state index contributed by atoms with van der Waals surface area (Å²) in [7, 11) is 1.47. The number of hydrogen-bond acceptors (Lipinski definition) is 6. The van der Waals surface area contributed by atoms with Crippen LogP contribution < -0.4 is 15.0 Å². The van der Waals surface area contributed by atoms with E-state index in [4.69, 9.17) is 21.6 Å². The van der Waals surface area contributed by atoms with Crippen LogP contribution in [0.25, 0.3) is 10.9 Å². The van der Waals surface area contributed by atoms with Crippen LogP contribution in [0, 0.1) is 17.1 Å². The maximum absolute atomic E-state index is 14.6. The Bertz CT molecular complexity index is 828. The number of methoxy groups -OCH3 is 1. The van der Waals surface area contributed by atoms with Crippen molar-refractivity contribution in [2.45, 2.75) is 12.5 Å². The maximum Gasteiger partial charge on any atom is 0.225 e. The second-order valence-corrected chi connectivity index (χ2v) is 6.51. The molecule has 0 radical (unpaired) electrons. The largest absolute Gasteiger partial charge is 0.495 e. The number of halogens is 3. The van der Waals surface area contributed by atoms with Gasteiger partial charge in [-0.3, -0.25) is 0 Å². The third-order valence-electron chi connectivity index (χ3n) is 3.90. The number of fused-ring (bicyclic) bond motifs is 1. The molecule has 0 aliphatic carbocycles. The highest BCUT2D eigenvalue weighted by Crippen LogP contribution is 2.37. The van der Waals surface area contributed by atoms with Gasteiger partial charge in [0.05, 0.1) is 24.1 Å². The first kappa shape index (κ1) is 17.1. The molecular weight excluding hydrogens is 401 g/mol. The second kappa shape index (κ2) is 7.05. The molecule has 1 saturated heterocycles. The van der Waals surface area contributed by atoms with E-state index in [0.29, 0.717) is 43.0 Å². The fourth-order valence-electron chi connectivity index (χ4n) is 2.79. The molecule has 24 heavy (non-hydrogen) atoms. The van der Waals surface area contributed by atoms with Crippen molar-refractivity contribution < 1.29 is 9.13 Å². The van der Waals surface area contributed by atoms with Crippen molar-refractivity contribution in [2.24, 2.45) is 0 Å². The van der Waals surface area contributed by atoms with Crippen molar-refractivity contribution >= 4 is 44.3 Å². The SMILES string of the molecule is COc1cc2c(N3CCNC(CC#N)C3)nc(Cl)nc2c(F)c1Br. The lowest BCUT2D eigenvalue weighted by Gasteiger charge is -2.34. The van der Waals surface area contributed by atoms with E-state index in [-0.39, 0.29) is 21.3 Å². The summed E-state index contributed by atoms with van der Waals surface area (Å²) < 4.78 is 20.0. The average molecular weight is 415 g/mol. The quantitative estimate of drug-likeness (QED) is 0.779. The van der Waals surface area contributed by atoms with Gasteiger partial charge in [0.1, 0.15) is 17.1 Å². The van der Waals surface area contributed by atoms with Crippen molar-refractivity contribution in [1.82, 2.24) is 15.3 Å². The van der Waals surface area contributed by atoms with E-state index in [2.05, 4.69) is 37.3 Å². The lowest BCUT2D eigenvalue weighted by Crippen LogP contribution is -2.51. The van der Waals surface area contributed by atoms with Gasteiger partial charge in [-0.15, -0.1) is 0 Å². The van der Waals surface area contributed by atoms with Crippen LogP contribution in [0.1, 0.15) is 6.42 Å². The van der Waals surface area contributed by atoms with Crippen LogP contribution in [0.15, 0.2) is 10.5 Å². The Morgan fingerprint density at radius 1 is 1.58 bits per heavy atom. The van der Waals surface area contributed by atoms with Crippen LogP contribution in [-0.4, -0.2) is 42.8 Å². The zero-order valence-corrected chi connectivity index (χ0v) is 15.2. The molecule has 1 fully saturated rings. The third kappa shape index (κ3) is 3.11. The third-order valence-corrected chi connectivity index (χ3v) is 4.81. The van der Waals surface area contributed by atoms with Gasteiger partial charge in [0.15, 0.2) is 5.82 Å². The molecule has 126 valence electrons. The first-order valence-electron chi connectivity index (χ1n) is 7.29. The van der Waals surface area contributed by atoms with Crippen LogP contribution in [0.2, 0.25) is 5.28 Å². The Labute approximate surface area is 151 Å². The monoisotopic (exact) mass is 413 g/mol. The molecule has 1 atom stereocenters. The molecule has 1 aromatic carbocycles. The number of ether oxygens (including phenoxy) is 1. The molecular formula is C15H14BrClFN5O. The molecule has 2 heterocycles. The number of nitrogens with zero attached hydrogens (tertiary/aromatic N) is 4. The van der Waals surface area contributed by atoms with Crippen LogP contribution in [0.4, 0.5) is 10.2 Å². The topological polar surface area (TPSA) is 74.1 Å². The van der Waals surface area contributed by atoms with Crippen LogP contribution in [-0.2, 0) is 0 Å². The molecule has 9 heteroatoms. The molecule has 3 rings (SSSR count). The summed E-state index contributed by atoms with van der Waals surface area (Å²) in [4.78, 5) is 10.3. The molecule has 0 saturated carbocycles. The number of anilines is 1. The van der Waals surface area contributed by atoms with Gasteiger partial charge in [-0.2, -0.15) is 10.2 Å². The Kier molecular flexibility index (Phi) is 5.04. The van der Waals surface area contributed by atoms with Gasteiger partial charge in [0.25, 0.3) is 0 Å². The zero-order valence-electron chi connectivity index (χ0n) is 12.8. The molecule has 0 amide bonds. The van der Waals surface area contributed by atoms with Gasteiger partial charge in [0.2, 0.25) is 5.28 Å². The number of hydrogen-bond donors (Lipinski definition) is 1. The standard InChI is InChI=1S/C15H14BrClFN5O/c1-24-10-6-9-13(12(18)11(10)16)21-15(17)22-14(9)23-5-4-20-8(7-23)2-3-19/h6,8,20H,2,4-5,7H2,1H3. The summed E-state index contributed by atoms with van der Waals surface area (Å²) in [6, 6.07) is 3.87. The fraction of sp³-hybridized carbons (Fsp3) is 0.400. The summed E-state index contributed by atoms with van der Waals surface area (Å²) in [5.74, 6) is 0.355. The van der Waals surface area contributed by atoms with Gasteiger partial charge in [-0.1, -0.05) is 0 Å². The minimum atomic E-state index is -0.543. The Morgan fingerprint density at radius 3 is 3.08 bits per heavy atom. The average Bonchev–Trinajstić information content (AvgIpc) is 2.58. The zero-order chi connectivity index (χ0) is 17.3. The smallest absolute Gasteiger partial charge is 0.225 e. The van der Waals surface area contributed by atoms with E-state index < -0.39 is 5.82 Å². The highest BCUT2D eigenvalue weighted by molar-refractivity contribution is 9.10. The van der Waals surface area contributed by atoms with Gasteiger partial charge in [-0.05, 0) is 33.6 Å². The first-order valence-corrected chi connectivity index (χ1v) is 8.46. The summed E-state index contributed by atoms with van der Waals surface area (Å²) in [6.45, 7) is 1.95. The number of nitrogens with one attached hydrogen (secondary N) is 1. The molecule has 6 nitrogen and oxygen atoms in total. The van der Waals surface area contributed by atoms with Crippen molar-refractivity contribution in [3.63, 3.8) is 0 Å². The number of benzene rings is 1. The Morgan fingerprint density at radius 2 is 2.38 bits per heavy atom. The minimum Gasteiger partial charge on any atom is -0.495 e. The van der Waals surface area contributed by atoms with E-state index >= 15 is 0 Å². The van der Waals surface area contributed by atoms with Crippen LogP contribution in [0.3, 0.4) is 0 Å². The predicted molar refractivity (Wildman–Crippen MR) is 93.0 cm³/mol. The van der Waals surface area contributed by atoms with Crippen molar-refractivity contribution in [2.75, 3.05) is 31.6 Å². The lowest BCUT2D eigenvalue weighted by atomic mass is 10.1. The van der Waals surface area contributed by atoms with Crippen molar-refractivity contribution in [3.8, 4) is 11.8 Å². The molecule has 1 aliphatic heterocycles. The van der Waals surface area contributed by atoms with E-state index in [1.54, 1.807) is 6.07 Å². The maximum atomic E-state index is 14.6. The predicted octanol–water partition coefficient (Wildman–Crippen LogP) is 2.89. The van der Waals surface area contributed by atoms with E-state index in [9.17, 15) is 4.39 Å². The number of aromatic nitrogens is 2. The molecule has 0 spiro atoms. The Hall–Kier alpha value is -1.69. The normalized spacial score (nSPS) is 17.8. The summed E-state index contributed by atoms with van der Waals surface area (Å²) in [5, 5.41) is 12.7. The molecule has 2 aromatic rings. The van der Waals surface area contributed by atoms with Crippen LogP contribution >= 0.6 is 27.5 Å². The second-order valence-electron chi connectivity index (χ2n) is 5.38. The summed E-state index contributed by atoms with van der Waals surface area (Å²) in [6.07, 6.45) is 0.385. The van der Waals surface area contributed by atoms with Crippen molar-refractivity contribution in [1.29, 1.82) is 5.26 Å².